The van der Waals surface area contributed by atoms with E-state index in [4.69, 9.17) is 14.2 Å². The molecule has 0 aliphatic carbocycles. The van der Waals surface area contributed by atoms with Gasteiger partial charge in [0, 0.05) is 31.0 Å². The van der Waals surface area contributed by atoms with Crippen LogP contribution in [0.5, 0.6) is 11.5 Å². The third-order valence-electron chi connectivity index (χ3n) is 5.35. The maximum Gasteiger partial charge on any atom is 0.240 e. The van der Waals surface area contributed by atoms with E-state index in [1.165, 1.54) is 0 Å². The summed E-state index contributed by atoms with van der Waals surface area (Å²) in [4.78, 5) is 17.3. The van der Waals surface area contributed by atoms with Gasteiger partial charge in [0.05, 0.1) is 38.2 Å². The summed E-state index contributed by atoms with van der Waals surface area (Å²) in [7, 11) is 3.19. The molecule has 4 rings (SSSR count). The van der Waals surface area contributed by atoms with Gasteiger partial charge >= 0.3 is 0 Å². The van der Waals surface area contributed by atoms with E-state index in [1.807, 2.05) is 59.3 Å². The average Bonchev–Trinajstić information content (AvgIpc) is 3.49. The summed E-state index contributed by atoms with van der Waals surface area (Å²) in [6, 6.07) is 15.4. The van der Waals surface area contributed by atoms with Crippen LogP contribution < -0.4 is 20.1 Å². The summed E-state index contributed by atoms with van der Waals surface area (Å²) in [5.41, 5.74) is 2.50. The lowest BCUT2D eigenvalue weighted by Crippen LogP contribution is -2.34. The molecule has 1 unspecified atom stereocenters. The molecule has 3 aromatic rings. The number of imidazole rings is 1. The van der Waals surface area contributed by atoms with Crippen molar-refractivity contribution in [3.05, 3.63) is 54.7 Å². The summed E-state index contributed by atoms with van der Waals surface area (Å²) >= 11 is 0. The number of benzene rings is 2. The molecule has 1 aliphatic rings. The van der Waals surface area contributed by atoms with Crippen molar-refractivity contribution in [3.8, 4) is 28.4 Å². The molecule has 1 fully saturated rings. The van der Waals surface area contributed by atoms with E-state index in [2.05, 4.69) is 15.6 Å². The van der Waals surface area contributed by atoms with Crippen molar-refractivity contribution in [2.24, 2.45) is 0 Å². The minimum atomic E-state index is -0.171. The molecule has 0 radical (unpaired) electrons. The van der Waals surface area contributed by atoms with Crippen LogP contribution >= 0.6 is 0 Å². The van der Waals surface area contributed by atoms with Crippen LogP contribution in [-0.4, -0.2) is 55.5 Å². The monoisotopic (exact) mass is 436 g/mol. The van der Waals surface area contributed by atoms with E-state index in [1.54, 1.807) is 14.2 Å². The third kappa shape index (κ3) is 5.09. The first kappa shape index (κ1) is 21.9. The molecule has 0 saturated carbocycles. The second kappa shape index (κ2) is 10.3. The highest BCUT2D eigenvalue weighted by Crippen LogP contribution is 2.31. The Morgan fingerprint density at radius 1 is 1.16 bits per heavy atom. The average molecular weight is 437 g/mol. The van der Waals surface area contributed by atoms with Crippen LogP contribution in [0.4, 0.5) is 5.95 Å². The zero-order valence-electron chi connectivity index (χ0n) is 18.3. The quantitative estimate of drug-likeness (QED) is 0.536. The molecule has 32 heavy (non-hydrogen) atoms. The van der Waals surface area contributed by atoms with Crippen LogP contribution in [-0.2, 0) is 9.53 Å². The largest absolute Gasteiger partial charge is 0.493 e. The summed E-state index contributed by atoms with van der Waals surface area (Å²) < 4.78 is 18.2. The number of hydrogen-bond donors (Lipinski definition) is 2. The van der Waals surface area contributed by atoms with Crippen LogP contribution in [0.2, 0.25) is 0 Å². The zero-order chi connectivity index (χ0) is 22.3. The molecule has 1 aliphatic heterocycles. The number of anilines is 1. The summed E-state index contributed by atoms with van der Waals surface area (Å²) in [5.74, 6) is 1.48. The lowest BCUT2D eigenvalue weighted by atomic mass is 10.2. The minimum absolute atomic E-state index is 0.171. The van der Waals surface area contributed by atoms with Crippen molar-refractivity contribution in [2.45, 2.75) is 18.9 Å². The lowest BCUT2D eigenvalue weighted by molar-refractivity contribution is -0.115. The van der Waals surface area contributed by atoms with Gasteiger partial charge in [0.25, 0.3) is 0 Å². The fourth-order valence-corrected chi connectivity index (χ4v) is 3.71. The van der Waals surface area contributed by atoms with Gasteiger partial charge in [-0.05, 0) is 25.0 Å². The van der Waals surface area contributed by atoms with E-state index >= 15 is 0 Å². The Kier molecular flexibility index (Phi) is 7.03. The number of hydrogen-bond acceptors (Lipinski definition) is 6. The molecule has 1 amide bonds. The van der Waals surface area contributed by atoms with Crippen molar-refractivity contribution in [1.29, 1.82) is 0 Å². The van der Waals surface area contributed by atoms with Crippen molar-refractivity contribution in [3.63, 3.8) is 0 Å². The number of rotatable bonds is 9. The topological polar surface area (TPSA) is 86.6 Å². The number of carbonyl (C=O) groups excluding carboxylic acids is 1. The molecular formula is C24H28N4O4. The first-order chi connectivity index (χ1) is 15.7. The number of methoxy groups -OCH3 is 2. The number of ether oxygens (including phenoxy) is 3. The Morgan fingerprint density at radius 3 is 2.69 bits per heavy atom. The number of aromatic nitrogens is 2. The minimum Gasteiger partial charge on any atom is -0.493 e. The molecule has 168 valence electrons. The first-order valence-corrected chi connectivity index (χ1v) is 10.7. The number of nitrogens with one attached hydrogen (secondary N) is 2. The molecule has 1 atom stereocenters. The summed E-state index contributed by atoms with van der Waals surface area (Å²) in [5, 5.41) is 6.10. The maximum absolute atomic E-state index is 12.6. The number of carbonyl (C=O) groups is 1. The van der Waals surface area contributed by atoms with Crippen LogP contribution in [0, 0.1) is 0 Å². The van der Waals surface area contributed by atoms with Crippen molar-refractivity contribution >= 4 is 11.9 Å². The molecule has 2 aromatic carbocycles. The van der Waals surface area contributed by atoms with Gasteiger partial charge in [-0.1, -0.05) is 30.3 Å². The number of nitrogens with zero attached hydrogens (tertiary/aromatic N) is 2. The van der Waals surface area contributed by atoms with Gasteiger partial charge in [0.15, 0.2) is 11.5 Å². The normalized spacial score (nSPS) is 15.5. The smallest absolute Gasteiger partial charge is 0.240 e. The Hall–Kier alpha value is -3.36. The van der Waals surface area contributed by atoms with Gasteiger partial charge < -0.3 is 19.5 Å². The van der Waals surface area contributed by atoms with Crippen LogP contribution in [0.15, 0.2) is 54.7 Å². The molecule has 2 heterocycles. The van der Waals surface area contributed by atoms with E-state index in [0.29, 0.717) is 24.0 Å². The highest BCUT2D eigenvalue weighted by Gasteiger charge is 2.17. The first-order valence-electron chi connectivity index (χ1n) is 10.7. The van der Waals surface area contributed by atoms with Crippen molar-refractivity contribution in [1.82, 2.24) is 14.9 Å². The predicted molar refractivity (Wildman–Crippen MR) is 123 cm³/mol. The zero-order valence-corrected chi connectivity index (χ0v) is 18.3. The lowest BCUT2D eigenvalue weighted by Gasteiger charge is -2.13. The summed E-state index contributed by atoms with van der Waals surface area (Å²) in [6.07, 6.45) is 4.18. The number of amides is 1. The third-order valence-corrected chi connectivity index (χ3v) is 5.35. The molecular weight excluding hydrogens is 408 g/mol. The van der Waals surface area contributed by atoms with E-state index in [9.17, 15) is 4.79 Å². The SMILES string of the molecule is COc1ccc(-n2cc(-c3ccccc3)nc2NC(=O)CNCC2CCCO2)cc1OC. The second-order valence-corrected chi connectivity index (χ2v) is 7.54. The van der Waals surface area contributed by atoms with Gasteiger partial charge in [-0.15, -0.1) is 0 Å². The molecule has 1 saturated heterocycles. The van der Waals surface area contributed by atoms with Gasteiger partial charge in [-0.3, -0.25) is 14.7 Å². The van der Waals surface area contributed by atoms with Gasteiger partial charge in [-0.25, -0.2) is 4.98 Å². The standard InChI is InChI=1S/C24H28N4O4/c1-30-21-11-10-18(13-22(21)31-2)28-16-20(17-7-4-3-5-8-17)26-24(28)27-23(29)15-25-14-19-9-6-12-32-19/h3-5,7-8,10-11,13,16,19,25H,6,9,12,14-15H2,1-2H3,(H,26,27,29). The molecule has 2 N–H and O–H groups in total. The molecule has 8 nitrogen and oxygen atoms in total. The van der Waals surface area contributed by atoms with Gasteiger partial charge in [-0.2, -0.15) is 0 Å². The highest BCUT2D eigenvalue weighted by atomic mass is 16.5. The fraction of sp³-hybridized carbons (Fsp3) is 0.333. The molecule has 8 heteroatoms. The Morgan fingerprint density at radius 2 is 1.97 bits per heavy atom. The van der Waals surface area contributed by atoms with Gasteiger partial charge in [0.1, 0.15) is 0 Å². The Balaban J connectivity index is 1.57. The summed E-state index contributed by atoms with van der Waals surface area (Å²) in [6.45, 7) is 1.63. The van der Waals surface area contributed by atoms with Crippen LogP contribution in [0.3, 0.4) is 0 Å². The van der Waals surface area contributed by atoms with E-state index in [-0.39, 0.29) is 18.6 Å². The highest BCUT2D eigenvalue weighted by molar-refractivity contribution is 5.91. The predicted octanol–water partition coefficient (Wildman–Crippen LogP) is 3.26. The molecule has 0 bridgehead atoms. The van der Waals surface area contributed by atoms with E-state index in [0.717, 1.165) is 36.4 Å². The van der Waals surface area contributed by atoms with Crippen LogP contribution in [0.25, 0.3) is 16.9 Å². The van der Waals surface area contributed by atoms with Gasteiger partial charge in [0.2, 0.25) is 11.9 Å². The maximum atomic E-state index is 12.6. The second-order valence-electron chi connectivity index (χ2n) is 7.54. The molecule has 0 spiro atoms. The Bertz CT molecular complexity index is 1050. The Labute approximate surface area is 187 Å². The van der Waals surface area contributed by atoms with E-state index < -0.39 is 0 Å². The van der Waals surface area contributed by atoms with Crippen molar-refractivity contribution < 1.29 is 19.0 Å². The van der Waals surface area contributed by atoms with Crippen LogP contribution in [0.1, 0.15) is 12.8 Å². The van der Waals surface area contributed by atoms with Crippen molar-refractivity contribution in [2.75, 3.05) is 39.2 Å². The molecule has 1 aromatic heterocycles. The fourth-order valence-electron chi connectivity index (χ4n) is 3.71.